The number of hydrogen-bond donors (Lipinski definition) is 2. The summed E-state index contributed by atoms with van der Waals surface area (Å²) in [6, 6.07) is 5.77. The molecule has 1 aliphatic rings. The lowest BCUT2D eigenvalue weighted by Crippen LogP contribution is -2.41. The molecule has 2 aromatic rings. The average molecular weight is 218 g/mol. The fraction of sp³-hybridized carbons (Fsp3) is 0.417. The van der Waals surface area contributed by atoms with E-state index in [0.29, 0.717) is 12.1 Å². The van der Waals surface area contributed by atoms with Crippen molar-refractivity contribution >= 4 is 11.1 Å². The molecule has 4 heteroatoms. The van der Waals surface area contributed by atoms with Crippen molar-refractivity contribution in [3.8, 4) is 0 Å². The van der Waals surface area contributed by atoms with Crippen molar-refractivity contribution in [1.29, 1.82) is 0 Å². The summed E-state index contributed by atoms with van der Waals surface area (Å²) >= 11 is 0. The summed E-state index contributed by atoms with van der Waals surface area (Å²) in [5.41, 5.74) is 8.50. The number of nitrogens with two attached hydrogens (primary N) is 1. The summed E-state index contributed by atoms with van der Waals surface area (Å²) in [6.07, 6.45) is 3.39. The second-order valence-corrected chi connectivity index (χ2v) is 4.53. The zero-order valence-electron chi connectivity index (χ0n) is 8.95. The van der Waals surface area contributed by atoms with Crippen LogP contribution in [0.3, 0.4) is 0 Å². The number of nitrogens with one attached hydrogen (secondary N) is 1. The zero-order valence-corrected chi connectivity index (χ0v) is 8.95. The highest BCUT2D eigenvalue weighted by atomic mass is 16.4. The molecule has 16 heavy (non-hydrogen) atoms. The summed E-state index contributed by atoms with van der Waals surface area (Å²) < 4.78 is 5.06. The van der Waals surface area contributed by atoms with Crippen LogP contribution in [0.15, 0.2) is 27.4 Å². The molecule has 1 aromatic heterocycles. The smallest absolute Gasteiger partial charge is 0.408 e. The number of hydrogen-bond acceptors (Lipinski definition) is 3. The molecule has 1 aliphatic carbocycles. The van der Waals surface area contributed by atoms with E-state index in [-0.39, 0.29) is 5.41 Å². The third kappa shape index (κ3) is 1.16. The van der Waals surface area contributed by atoms with Gasteiger partial charge in [-0.05, 0) is 24.5 Å². The number of H-pyrrole nitrogens is 1. The number of aromatic amines is 1. The van der Waals surface area contributed by atoms with Crippen LogP contribution in [0, 0.1) is 0 Å². The topological polar surface area (TPSA) is 72.0 Å². The van der Waals surface area contributed by atoms with E-state index in [9.17, 15) is 4.79 Å². The molecule has 4 nitrogen and oxygen atoms in total. The van der Waals surface area contributed by atoms with Crippen molar-refractivity contribution in [2.45, 2.75) is 24.7 Å². The summed E-state index contributed by atoms with van der Waals surface area (Å²) in [4.78, 5) is 14.0. The molecule has 0 atom stereocenters. The van der Waals surface area contributed by atoms with Crippen molar-refractivity contribution in [3.63, 3.8) is 0 Å². The Morgan fingerprint density at radius 1 is 1.44 bits per heavy atom. The van der Waals surface area contributed by atoms with Gasteiger partial charge in [0, 0.05) is 12.0 Å². The van der Waals surface area contributed by atoms with E-state index in [0.717, 1.165) is 23.9 Å². The van der Waals surface area contributed by atoms with Crippen LogP contribution in [0.5, 0.6) is 0 Å². The van der Waals surface area contributed by atoms with Crippen LogP contribution in [0.4, 0.5) is 0 Å². The molecule has 1 heterocycles. The Bertz CT molecular complexity index is 572. The van der Waals surface area contributed by atoms with E-state index in [1.165, 1.54) is 6.42 Å². The number of fused-ring (bicyclic) bond motifs is 1. The number of oxazole rings is 1. The van der Waals surface area contributed by atoms with E-state index in [2.05, 4.69) is 4.98 Å². The molecule has 0 bridgehead atoms. The van der Waals surface area contributed by atoms with Crippen LogP contribution in [0.2, 0.25) is 0 Å². The van der Waals surface area contributed by atoms with Crippen LogP contribution in [-0.4, -0.2) is 11.5 Å². The van der Waals surface area contributed by atoms with Crippen LogP contribution < -0.4 is 11.5 Å². The second-order valence-electron chi connectivity index (χ2n) is 4.53. The number of aromatic nitrogens is 1. The van der Waals surface area contributed by atoms with Gasteiger partial charge in [0.25, 0.3) is 0 Å². The lowest BCUT2D eigenvalue weighted by Gasteiger charge is -2.41. The first-order chi connectivity index (χ1) is 7.75. The van der Waals surface area contributed by atoms with Gasteiger partial charge in [0.1, 0.15) is 0 Å². The fourth-order valence-corrected chi connectivity index (χ4v) is 2.60. The van der Waals surface area contributed by atoms with Crippen LogP contribution >= 0.6 is 0 Å². The van der Waals surface area contributed by atoms with Gasteiger partial charge in [0.15, 0.2) is 5.58 Å². The number of rotatable bonds is 2. The lowest BCUT2D eigenvalue weighted by atomic mass is 9.64. The highest BCUT2D eigenvalue weighted by molar-refractivity contribution is 5.77. The van der Waals surface area contributed by atoms with Gasteiger partial charge < -0.3 is 10.2 Å². The molecule has 0 amide bonds. The van der Waals surface area contributed by atoms with Crippen molar-refractivity contribution in [1.82, 2.24) is 4.98 Å². The Balaban J connectivity index is 2.26. The molecule has 1 aromatic carbocycles. The van der Waals surface area contributed by atoms with Gasteiger partial charge in [0.2, 0.25) is 0 Å². The molecule has 0 unspecified atom stereocenters. The molecule has 0 aliphatic heterocycles. The van der Waals surface area contributed by atoms with E-state index in [1.807, 2.05) is 12.1 Å². The Morgan fingerprint density at radius 2 is 2.25 bits per heavy atom. The molecule has 1 fully saturated rings. The Labute approximate surface area is 92.4 Å². The minimum Gasteiger partial charge on any atom is -0.408 e. The first kappa shape index (κ1) is 9.66. The molecule has 1 saturated carbocycles. The highest BCUT2D eigenvalue weighted by Crippen LogP contribution is 2.44. The fourth-order valence-electron chi connectivity index (χ4n) is 2.60. The average Bonchev–Trinajstić information content (AvgIpc) is 2.58. The molecule has 3 N–H and O–H groups in total. The van der Waals surface area contributed by atoms with Crippen LogP contribution in [-0.2, 0) is 5.41 Å². The minimum atomic E-state index is -0.394. The molecule has 0 saturated heterocycles. The molecular weight excluding hydrogens is 204 g/mol. The first-order valence-corrected chi connectivity index (χ1v) is 5.58. The molecule has 0 radical (unpaired) electrons. The monoisotopic (exact) mass is 218 g/mol. The first-order valence-electron chi connectivity index (χ1n) is 5.58. The maximum absolute atomic E-state index is 11.2. The normalized spacial score (nSPS) is 18.6. The zero-order chi connectivity index (χ0) is 11.2. The SMILES string of the molecule is NCC1(c2cccc3oc(=O)[nH]c23)CCC1. The van der Waals surface area contributed by atoms with Gasteiger partial charge >= 0.3 is 5.76 Å². The summed E-state index contributed by atoms with van der Waals surface area (Å²) in [5.74, 6) is -0.394. The van der Waals surface area contributed by atoms with Gasteiger partial charge in [-0.3, -0.25) is 4.98 Å². The van der Waals surface area contributed by atoms with E-state index in [1.54, 1.807) is 6.07 Å². The summed E-state index contributed by atoms with van der Waals surface area (Å²) in [7, 11) is 0. The third-order valence-electron chi connectivity index (χ3n) is 3.73. The quantitative estimate of drug-likeness (QED) is 0.802. The van der Waals surface area contributed by atoms with Crippen molar-refractivity contribution in [2.24, 2.45) is 5.73 Å². The highest BCUT2D eigenvalue weighted by Gasteiger charge is 2.38. The molecule has 84 valence electrons. The Kier molecular flexibility index (Phi) is 1.94. The van der Waals surface area contributed by atoms with E-state index in [4.69, 9.17) is 10.2 Å². The second kappa shape index (κ2) is 3.22. The van der Waals surface area contributed by atoms with Gasteiger partial charge in [-0.2, -0.15) is 0 Å². The Hall–Kier alpha value is -1.55. The maximum Gasteiger partial charge on any atom is 0.417 e. The van der Waals surface area contributed by atoms with Gasteiger partial charge in [-0.1, -0.05) is 18.6 Å². The third-order valence-corrected chi connectivity index (χ3v) is 3.73. The van der Waals surface area contributed by atoms with Crippen LogP contribution in [0.25, 0.3) is 11.1 Å². The van der Waals surface area contributed by atoms with E-state index < -0.39 is 5.76 Å². The molecular formula is C12H14N2O2. The standard InChI is InChI=1S/C12H14N2O2/c13-7-12(5-2-6-12)8-3-1-4-9-10(8)14-11(15)16-9/h1,3-4H,2,5-7,13H2,(H,14,15). The number of benzene rings is 1. The summed E-state index contributed by atoms with van der Waals surface area (Å²) in [6.45, 7) is 0.624. The van der Waals surface area contributed by atoms with Crippen LogP contribution in [0.1, 0.15) is 24.8 Å². The summed E-state index contributed by atoms with van der Waals surface area (Å²) in [5, 5.41) is 0. The van der Waals surface area contributed by atoms with Gasteiger partial charge in [-0.15, -0.1) is 0 Å². The largest absolute Gasteiger partial charge is 0.417 e. The predicted molar refractivity (Wildman–Crippen MR) is 61.4 cm³/mol. The molecule has 3 rings (SSSR count). The van der Waals surface area contributed by atoms with Crippen molar-refractivity contribution in [2.75, 3.05) is 6.54 Å². The van der Waals surface area contributed by atoms with Gasteiger partial charge in [-0.25, -0.2) is 4.79 Å². The minimum absolute atomic E-state index is 0.0479. The van der Waals surface area contributed by atoms with Gasteiger partial charge in [0.05, 0.1) is 5.52 Å². The van der Waals surface area contributed by atoms with E-state index >= 15 is 0 Å². The van der Waals surface area contributed by atoms with Crippen molar-refractivity contribution < 1.29 is 4.42 Å². The predicted octanol–water partition coefficient (Wildman–Crippen LogP) is 1.50. The number of para-hydroxylation sites is 1. The van der Waals surface area contributed by atoms with Crippen molar-refractivity contribution in [3.05, 3.63) is 34.3 Å². The maximum atomic E-state index is 11.2. The Morgan fingerprint density at radius 3 is 2.88 bits per heavy atom. The lowest BCUT2D eigenvalue weighted by molar-refractivity contribution is 0.255. The molecule has 0 spiro atoms.